The van der Waals surface area contributed by atoms with Crippen molar-refractivity contribution in [3.05, 3.63) is 94.7 Å². The topological polar surface area (TPSA) is 77.1 Å². The summed E-state index contributed by atoms with van der Waals surface area (Å²) in [6.07, 6.45) is 3.42. The predicted octanol–water partition coefficient (Wildman–Crippen LogP) is 4.02. The number of nitrogens with one attached hydrogen (secondary N) is 1. The molecule has 0 bridgehead atoms. The van der Waals surface area contributed by atoms with Gasteiger partial charge in [-0.05, 0) is 60.5 Å². The van der Waals surface area contributed by atoms with Gasteiger partial charge in [-0.3, -0.25) is 14.2 Å². The lowest BCUT2D eigenvalue weighted by Crippen LogP contribution is -2.25. The van der Waals surface area contributed by atoms with Gasteiger partial charge in [0.15, 0.2) is 5.65 Å². The third kappa shape index (κ3) is 3.64. The molecule has 154 valence electrons. The van der Waals surface area contributed by atoms with Gasteiger partial charge in [0.05, 0.1) is 11.0 Å². The minimum Gasteiger partial charge on any atom is -0.347 e. The van der Waals surface area contributed by atoms with Crippen molar-refractivity contribution in [1.29, 1.82) is 0 Å². The fraction of sp³-hybridized carbons (Fsp3) is 0.130. The molecule has 0 fully saturated rings. The van der Waals surface area contributed by atoms with Gasteiger partial charge in [-0.15, -0.1) is 10.2 Å². The van der Waals surface area contributed by atoms with E-state index in [0.29, 0.717) is 23.8 Å². The molecule has 0 atom stereocenters. The quantitative estimate of drug-likeness (QED) is 0.457. The van der Waals surface area contributed by atoms with Crippen molar-refractivity contribution in [2.45, 2.75) is 20.0 Å². The van der Waals surface area contributed by atoms with Gasteiger partial charge >= 0.3 is 0 Å². The molecule has 1 amide bonds. The molecule has 0 radical (unpaired) electrons. The van der Waals surface area contributed by atoms with E-state index in [1.807, 2.05) is 70.5 Å². The van der Waals surface area contributed by atoms with Crippen LogP contribution < -0.4 is 5.32 Å². The van der Waals surface area contributed by atoms with Crippen LogP contribution in [0.2, 0.25) is 5.02 Å². The number of halogens is 1. The Morgan fingerprint density at radius 1 is 1.00 bits per heavy atom. The molecule has 4 heterocycles. The van der Waals surface area contributed by atoms with Gasteiger partial charge in [0.1, 0.15) is 11.5 Å². The Labute approximate surface area is 183 Å². The Bertz CT molecular complexity index is 1410. The molecule has 0 unspecified atom stereocenters. The number of amides is 1. The van der Waals surface area contributed by atoms with E-state index in [-0.39, 0.29) is 5.91 Å². The third-order valence-electron chi connectivity index (χ3n) is 5.26. The number of aromatic nitrogens is 5. The molecule has 8 heteroatoms. The smallest absolute Gasteiger partial charge is 0.268 e. The molecule has 0 spiro atoms. The number of carbonyl (C=O) groups is 1. The molecule has 5 rings (SSSR count). The largest absolute Gasteiger partial charge is 0.347 e. The maximum absolute atomic E-state index is 13.2. The number of pyridine rings is 2. The van der Waals surface area contributed by atoms with E-state index in [1.54, 1.807) is 12.4 Å². The highest BCUT2D eigenvalue weighted by atomic mass is 35.5. The molecule has 0 aliphatic rings. The van der Waals surface area contributed by atoms with E-state index < -0.39 is 0 Å². The lowest BCUT2D eigenvalue weighted by Gasteiger charge is -2.12. The van der Waals surface area contributed by atoms with Crippen molar-refractivity contribution in [2.75, 3.05) is 0 Å². The van der Waals surface area contributed by atoms with E-state index >= 15 is 0 Å². The summed E-state index contributed by atoms with van der Waals surface area (Å²) in [6, 6.07) is 17.2. The maximum Gasteiger partial charge on any atom is 0.268 e. The first-order chi connectivity index (χ1) is 15.1. The van der Waals surface area contributed by atoms with Crippen molar-refractivity contribution in [3.8, 4) is 0 Å². The normalized spacial score (nSPS) is 11.3. The van der Waals surface area contributed by atoms with Crippen LogP contribution in [0.25, 0.3) is 16.7 Å². The number of benzene rings is 1. The third-order valence-corrected chi connectivity index (χ3v) is 5.50. The van der Waals surface area contributed by atoms with E-state index in [9.17, 15) is 4.79 Å². The zero-order chi connectivity index (χ0) is 21.4. The standard InChI is InChI=1S/C23H19ClN6O/c1-15-27-28-22-6-5-19-20(30(15)22)12-21(23(31)26-13-16-7-9-25-10-8-16)29(19)14-17-3-2-4-18(24)11-17/h2-12H,13-14H2,1H3,(H,26,31). The number of hydrogen-bond acceptors (Lipinski definition) is 4. The SMILES string of the molecule is Cc1nnc2ccc3c(cc(C(=O)NCc4ccncc4)n3Cc3cccc(Cl)c3)n12. The van der Waals surface area contributed by atoms with Crippen LogP contribution in [0.15, 0.2) is 67.0 Å². The van der Waals surface area contributed by atoms with Crippen LogP contribution in [-0.2, 0) is 13.1 Å². The Morgan fingerprint density at radius 2 is 1.84 bits per heavy atom. The zero-order valence-corrected chi connectivity index (χ0v) is 17.5. The summed E-state index contributed by atoms with van der Waals surface area (Å²) in [4.78, 5) is 17.2. The van der Waals surface area contributed by atoms with Gasteiger partial charge in [-0.2, -0.15) is 0 Å². The molecule has 4 aromatic heterocycles. The molecular formula is C23H19ClN6O. The van der Waals surface area contributed by atoms with Gasteiger partial charge < -0.3 is 9.88 Å². The molecule has 1 N–H and O–H groups in total. The van der Waals surface area contributed by atoms with Crippen LogP contribution >= 0.6 is 11.6 Å². The molecule has 0 aliphatic heterocycles. The summed E-state index contributed by atoms with van der Waals surface area (Å²) < 4.78 is 3.96. The van der Waals surface area contributed by atoms with Gasteiger partial charge in [0.2, 0.25) is 0 Å². The van der Waals surface area contributed by atoms with Crippen LogP contribution in [-0.4, -0.2) is 30.1 Å². The fourth-order valence-electron chi connectivity index (χ4n) is 3.79. The summed E-state index contributed by atoms with van der Waals surface area (Å²) >= 11 is 6.19. The summed E-state index contributed by atoms with van der Waals surface area (Å²) in [5, 5.41) is 12.1. The first kappa shape index (κ1) is 19.3. The highest BCUT2D eigenvalue weighted by Crippen LogP contribution is 2.24. The van der Waals surface area contributed by atoms with Crippen LogP contribution in [0.3, 0.4) is 0 Å². The van der Waals surface area contributed by atoms with Crippen LogP contribution in [0.1, 0.15) is 27.4 Å². The lowest BCUT2D eigenvalue weighted by atomic mass is 10.2. The van der Waals surface area contributed by atoms with Crippen molar-refractivity contribution >= 4 is 34.2 Å². The molecular weight excluding hydrogens is 412 g/mol. The summed E-state index contributed by atoms with van der Waals surface area (Å²) in [5.74, 6) is 0.609. The van der Waals surface area contributed by atoms with E-state index in [0.717, 1.165) is 33.6 Å². The monoisotopic (exact) mass is 430 g/mol. The van der Waals surface area contributed by atoms with Crippen LogP contribution in [0.5, 0.6) is 0 Å². The average molecular weight is 431 g/mol. The number of carbonyl (C=O) groups excluding carboxylic acids is 1. The highest BCUT2D eigenvalue weighted by molar-refractivity contribution is 6.30. The van der Waals surface area contributed by atoms with Gasteiger partial charge in [-0.1, -0.05) is 23.7 Å². The van der Waals surface area contributed by atoms with Crippen molar-refractivity contribution < 1.29 is 4.79 Å². The zero-order valence-electron chi connectivity index (χ0n) is 16.8. The van der Waals surface area contributed by atoms with E-state index in [4.69, 9.17) is 11.6 Å². The molecule has 0 saturated carbocycles. The maximum atomic E-state index is 13.2. The Balaban J connectivity index is 1.60. The summed E-state index contributed by atoms with van der Waals surface area (Å²) in [6.45, 7) is 2.83. The van der Waals surface area contributed by atoms with Gasteiger partial charge in [0, 0.05) is 30.5 Å². The van der Waals surface area contributed by atoms with Crippen molar-refractivity contribution in [3.63, 3.8) is 0 Å². The Kier molecular flexibility index (Phi) is 4.88. The van der Waals surface area contributed by atoms with Crippen molar-refractivity contribution in [2.24, 2.45) is 0 Å². The first-order valence-corrected chi connectivity index (χ1v) is 10.2. The van der Waals surface area contributed by atoms with E-state index in [2.05, 4.69) is 20.5 Å². The molecule has 5 aromatic rings. The second-order valence-corrected chi connectivity index (χ2v) is 7.76. The lowest BCUT2D eigenvalue weighted by molar-refractivity contribution is 0.0942. The summed E-state index contributed by atoms with van der Waals surface area (Å²) in [7, 11) is 0. The number of nitrogens with zero attached hydrogens (tertiary/aromatic N) is 5. The average Bonchev–Trinajstić information content (AvgIpc) is 3.33. The molecule has 31 heavy (non-hydrogen) atoms. The Hall–Kier alpha value is -3.71. The van der Waals surface area contributed by atoms with Crippen molar-refractivity contribution in [1.82, 2.24) is 29.5 Å². The molecule has 0 aliphatic carbocycles. The number of rotatable bonds is 5. The minimum atomic E-state index is -0.158. The molecule has 0 saturated heterocycles. The number of fused-ring (bicyclic) bond motifs is 3. The minimum absolute atomic E-state index is 0.158. The van der Waals surface area contributed by atoms with Gasteiger partial charge in [0.25, 0.3) is 5.91 Å². The number of aryl methyl sites for hydroxylation is 1. The molecule has 7 nitrogen and oxygen atoms in total. The highest BCUT2D eigenvalue weighted by Gasteiger charge is 2.19. The molecule has 1 aromatic carbocycles. The second-order valence-electron chi connectivity index (χ2n) is 7.33. The summed E-state index contributed by atoms with van der Waals surface area (Å²) in [5.41, 5.74) is 5.10. The van der Waals surface area contributed by atoms with Crippen LogP contribution in [0.4, 0.5) is 0 Å². The van der Waals surface area contributed by atoms with Crippen LogP contribution in [0, 0.1) is 6.92 Å². The van der Waals surface area contributed by atoms with Gasteiger partial charge in [-0.25, -0.2) is 0 Å². The second kappa shape index (κ2) is 7.85. The first-order valence-electron chi connectivity index (χ1n) is 9.86. The fourth-order valence-corrected chi connectivity index (χ4v) is 4.00. The van der Waals surface area contributed by atoms with E-state index in [1.165, 1.54) is 0 Å². The predicted molar refractivity (Wildman–Crippen MR) is 119 cm³/mol. The Morgan fingerprint density at radius 3 is 2.65 bits per heavy atom. The number of hydrogen-bond donors (Lipinski definition) is 1.